The third kappa shape index (κ3) is 5.86. The van der Waals surface area contributed by atoms with Crippen molar-refractivity contribution in [2.24, 2.45) is 0 Å². The van der Waals surface area contributed by atoms with Crippen LogP contribution in [-0.2, 0) is 21.5 Å². The lowest BCUT2D eigenvalue weighted by atomic mass is 10.1. The quantitative estimate of drug-likeness (QED) is 0.324. The van der Waals surface area contributed by atoms with Crippen LogP contribution in [-0.4, -0.2) is 61.1 Å². The van der Waals surface area contributed by atoms with Gasteiger partial charge in [0.05, 0.1) is 17.2 Å². The first kappa shape index (κ1) is 24.2. The van der Waals surface area contributed by atoms with Crippen molar-refractivity contribution in [1.29, 1.82) is 0 Å². The maximum absolute atomic E-state index is 13.2. The van der Waals surface area contributed by atoms with Crippen LogP contribution in [0.5, 0.6) is 0 Å². The highest BCUT2D eigenvalue weighted by molar-refractivity contribution is 7.88. The van der Waals surface area contributed by atoms with E-state index in [1.807, 2.05) is 0 Å². The minimum atomic E-state index is -3.26. The maximum atomic E-state index is 13.2. The number of rotatable bonds is 8. The van der Waals surface area contributed by atoms with Crippen LogP contribution in [0.15, 0.2) is 23.4 Å². The Labute approximate surface area is 188 Å². The van der Waals surface area contributed by atoms with E-state index < -0.39 is 23.3 Å². The van der Waals surface area contributed by atoms with Crippen molar-refractivity contribution in [3.63, 3.8) is 0 Å². The van der Waals surface area contributed by atoms with E-state index in [2.05, 4.69) is 19.6 Å². The molecule has 1 aliphatic rings. The Kier molecular flexibility index (Phi) is 7.17. The molecule has 0 aliphatic carbocycles. The monoisotopic (exact) mass is 487 g/mol. The van der Waals surface area contributed by atoms with Gasteiger partial charge >= 0.3 is 0 Å². The molecule has 172 valence electrons. The summed E-state index contributed by atoms with van der Waals surface area (Å²) in [6.45, 7) is 8.45. The van der Waals surface area contributed by atoms with Crippen molar-refractivity contribution in [2.45, 2.75) is 51.3 Å². The molecule has 0 bridgehead atoms. The molecule has 0 spiro atoms. The summed E-state index contributed by atoms with van der Waals surface area (Å²) in [7, 11) is -4.45. The minimum absolute atomic E-state index is 0.194. The number of aromatic nitrogens is 2. The lowest BCUT2D eigenvalue weighted by molar-refractivity contribution is 0.0877. The molecular formula is C20H30ClN3O5SSi. The van der Waals surface area contributed by atoms with Gasteiger partial charge in [-0.25, -0.2) is 12.7 Å². The van der Waals surface area contributed by atoms with Gasteiger partial charge in [-0.15, -0.1) is 0 Å². The molecule has 1 fully saturated rings. The van der Waals surface area contributed by atoms with Crippen molar-refractivity contribution in [3.05, 3.63) is 34.5 Å². The van der Waals surface area contributed by atoms with Crippen LogP contribution in [0.2, 0.25) is 25.7 Å². The second kappa shape index (κ2) is 9.19. The molecule has 2 aromatic rings. The molecule has 0 atom stereocenters. The first-order valence-electron chi connectivity index (χ1n) is 10.3. The van der Waals surface area contributed by atoms with Crippen molar-refractivity contribution in [1.82, 2.24) is 13.4 Å². The van der Waals surface area contributed by atoms with Gasteiger partial charge < -0.3 is 13.9 Å². The van der Waals surface area contributed by atoms with Gasteiger partial charge in [0.1, 0.15) is 6.73 Å². The highest BCUT2D eigenvalue weighted by Crippen LogP contribution is 2.26. The van der Waals surface area contributed by atoms with Gasteiger partial charge in [0.15, 0.2) is 0 Å². The van der Waals surface area contributed by atoms with E-state index in [-0.39, 0.29) is 17.2 Å². The van der Waals surface area contributed by atoms with Crippen molar-refractivity contribution >= 4 is 45.7 Å². The highest BCUT2D eigenvalue weighted by atomic mass is 35.5. The van der Waals surface area contributed by atoms with Crippen LogP contribution in [0.4, 0.5) is 0 Å². The third-order valence-corrected chi connectivity index (χ3v) is 8.85. The van der Waals surface area contributed by atoms with Crippen LogP contribution in [0.3, 0.4) is 0 Å². The van der Waals surface area contributed by atoms with Crippen molar-refractivity contribution in [3.8, 4) is 0 Å². The molecule has 0 N–H and O–H groups in total. The van der Waals surface area contributed by atoms with Crippen molar-refractivity contribution < 1.29 is 17.9 Å². The smallest absolute Gasteiger partial charge is 0.260 e. The van der Waals surface area contributed by atoms with E-state index >= 15 is 0 Å². The number of ether oxygens (including phenoxy) is 1. The summed E-state index contributed by atoms with van der Waals surface area (Å²) in [4.78, 5) is 25.3. The number of fused-ring (bicyclic) bond motifs is 1. The van der Waals surface area contributed by atoms with Crippen LogP contribution in [0.25, 0.3) is 10.8 Å². The van der Waals surface area contributed by atoms with E-state index in [0.717, 1.165) is 6.04 Å². The summed E-state index contributed by atoms with van der Waals surface area (Å²) in [5.74, 6) is 0. The van der Waals surface area contributed by atoms with Crippen LogP contribution < -0.4 is 5.56 Å². The minimum Gasteiger partial charge on any atom is -0.361 e. The number of pyridine rings is 1. The van der Waals surface area contributed by atoms with Gasteiger partial charge in [-0.2, -0.15) is 0 Å². The Morgan fingerprint density at radius 3 is 2.32 bits per heavy atom. The lowest BCUT2D eigenvalue weighted by Crippen LogP contribution is -2.40. The zero-order valence-corrected chi connectivity index (χ0v) is 21.0. The predicted octanol–water partition coefficient (Wildman–Crippen LogP) is 3.09. The van der Waals surface area contributed by atoms with Gasteiger partial charge in [-0.3, -0.25) is 9.59 Å². The number of halogens is 1. The number of carbonyl (C=O) groups excluding carboxylic acids is 1. The largest absolute Gasteiger partial charge is 0.361 e. The Hall–Kier alpha value is -1.46. The summed E-state index contributed by atoms with van der Waals surface area (Å²) in [6.07, 6.45) is 7.10. The number of hydrogen-bond donors (Lipinski definition) is 0. The topological polar surface area (TPSA) is 90.6 Å². The number of hydrogen-bond acceptors (Lipinski definition) is 5. The summed E-state index contributed by atoms with van der Waals surface area (Å²) >= 11 is 5.84. The highest BCUT2D eigenvalue weighted by Gasteiger charge is 2.27. The zero-order valence-electron chi connectivity index (χ0n) is 18.4. The first-order valence-corrected chi connectivity index (χ1v) is 16.3. The molecule has 1 saturated heterocycles. The zero-order chi connectivity index (χ0) is 23.0. The van der Waals surface area contributed by atoms with E-state index in [1.165, 1.54) is 21.3 Å². The molecule has 0 unspecified atom stereocenters. The molecule has 31 heavy (non-hydrogen) atoms. The van der Waals surface area contributed by atoms with Gasteiger partial charge in [-0.1, -0.05) is 19.6 Å². The number of piperidine rings is 1. The Balaban J connectivity index is 1.86. The molecular weight excluding hydrogens is 458 g/mol. The Morgan fingerprint density at radius 2 is 1.77 bits per heavy atom. The number of carbonyl (C=O) groups is 1. The van der Waals surface area contributed by atoms with Crippen LogP contribution >= 0.6 is 11.6 Å². The van der Waals surface area contributed by atoms with E-state index in [4.69, 9.17) is 16.3 Å². The van der Waals surface area contributed by atoms with E-state index in [0.29, 0.717) is 50.0 Å². The summed E-state index contributed by atoms with van der Waals surface area (Å²) in [5.41, 5.74) is 0.0537. The lowest BCUT2D eigenvalue weighted by Gasteiger charge is -2.31. The second-order valence-corrected chi connectivity index (χ2v) is 17.3. The van der Waals surface area contributed by atoms with Gasteiger partial charge in [0.25, 0.3) is 10.8 Å². The number of nitrogens with zero attached hydrogens (tertiary/aromatic N) is 3. The van der Waals surface area contributed by atoms with Gasteiger partial charge in [0.2, 0.25) is 10.0 Å². The molecule has 3 heterocycles. The molecule has 0 amide bonds. The molecule has 0 radical (unpaired) electrons. The molecule has 1 aliphatic heterocycles. The fourth-order valence-electron chi connectivity index (χ4n) is 3.80. The molecule has 8 nitrogen and oxygen atoms in total. The molecule has 2 aromatic heterocycles. The summed E-state index contributed by atoms with van der Waals surface area (Å²) in [6, 6.07) is 0.846. The van der Waals surface area contributed by atoms with Crippen LogP contribution in [0, 0.1) is 0 Å². The van der Waals surface area contributed by atoms with E-state index in [9.17, 15) is 18.0 Å². The molecule has 11 heteroatoms. The summed E-state index contributed by atoms with van der Waals surface area (Å²) < 4.78 is 34.0. The normalized spacial score (nSPS) is 16.8. The standard InChI is InChI=1S/C20H30ClN3O5SSi/c1-30(27,28)23-7-5-15(6-8-23)24-13-17(19(21)25)16-11-22(12-18(16)20(24)26)14-29-9-10-31(2,3)4/h11-13,15H,5-10,14H2,1-4H3. The first-order chi connectivity index (χ1) is 14.4. The predicted molar refractivity (Wildman–Crippen MR) is 125 cm³/mol. The molecule has 0 saturated carbocycles. The summed E-state index contributed by atoms with van der Waals surface area (Å²) in [5, 5.41) is 0.277. The van der Waals surface area contributed by atoms with E-state index in [1.54, 1.807) is 17.0 Å². The van der Waals surface area contributed by atoms with Gasteiger partial charge in [-0.05, 0) is 30.5 Å². The average Bonchev–Trinajstić information content (AvgIpc) is 3.09. The second-order valence-electron chi connectivity index (χ2n) is 9.37. The average molecular weight is 488 g/mol. The fourth-order valence-corrected chi connectivity index (χ4v) is 5.58. The van der Waals surface area contributed by atoms with Crippen molar-refractivity contribution in [2.75, 3.05) is 26.0 Å². The molecule has 0 aromatic carbocycles. The number of sulfonamides is 1. The maximum Gasteiger partial charge on any atom is 0.260 e. The Bertz CT molecular complexity index is 1130. The SMILES string of the molecule is C[Si](C)(C)CCOCn1cc2c(C(=O)Cl)cn(C3CCN(S(C)(=O)=O)CC3)c(=O)c2c1. The van der Waals surface area contributed by atoms with Gasteiger partial charge in [0, 0.05) is 57.8 Å². The molecule has 3 rings (SSSR count). The fraction of sp³-hybridized carbons (Fsp3) is 0.600. The van der Waals surface area contributed by atoms with Crippen LogP contribution in [0.1, 0.15) is 29.2 Å². The Morgan fingerprint density at radius 1 is 1.16 bits per heavy atom. The third-order valence-electron chi connectivity index (χ3n) is 5.64.